The van der Waals surface area contributed by atoms with Crippen molar-refractivity contribution in [3.63, 3.8) is 0 Å². The van der Waals surface area contributed by atoms with Crippen molar-refractivity contribution < 1.29 is 19.1 Å². The van der Waals surface area contributed by atoms with Crippen LogP contribution >= 0.6 is 0 Å². The molecule has 0 radical (unpaired) electrons. The van der Waals surface area contributed by atoms with E-state index in [1.54, 1.807) is 24.3 Å². The summed E-state index contributed by atoms with van der Waals surface area (Å²) in [7, 11) is 0. The third kappa shape index (κ3) is 3.95. The van der Waals surface area contributed by atoms with E-state index < -0.39 is 17.5 Å². The van der Waals surface area contributed by atoms with Crippen LogP contribution in [-0.4, -0.2) is 23.0 Å². The van der Waals surface area contributed by atoms with E-state index in [1.165, 1.54) is 0 Å². The van der Waals surface area contributed by atoms with Crippen molar-refractivity contribution in [2.45, 2.75) is 19.8 Å². The number of nitrogens with one attached hydrogen (secondary N) is 1. The van der Waals surface area contributed by atoms with Crippen LogP contribution in [0.4, 0.5) is 15.8 Å². The van der Waals surface area contributed by atoms with Crippen LogP contribution in [0.3, 0.4) is 0 Å². The molecule has 2 N–H and O–H groups in total. The SMILES string of the molecule is C=C1C(=Nc2ccc(NC(=O)c3cc(F)c(O)c(C=O)c3)cc2)CCC1C. The van der Waals surface area contributed by atoms with E-state index >= 15 is 0 Å². The fourth-order valence-corrected chi connectivity index (χ4v) is 2.92. The molecule has 0 bridgehead atoms. The second kappa shape index (κ2) is 7.53. The predicted octanol–water partition coefficient (Wildman–Crippen LogP) is 4.65. The second-order valence-corrected chi connectivity index (χ2v) is 6.54. The Morgan fingerprint density at radius 1 is 1.33 bits per heavy atom. The lowest BCUT2D eigenvalue weighted by Crippen LogP contribution is -2.12. The van der Waals surface area contributed by atoms with Crippen molar-refractivity contribution in [2.24, 2.45) is 10.9 Å². The van der Waals surface area contributed by atoms with Crippen molar-refractivity contribution in [3.05, 3.63) is 65.5 Å². The highest BCUT2D eigenvalue weighted by Gasteiger charge is 2.21. The molecule has 0 heterocycles. The van der Waals surface area contributed by atoms with Gasteiger partial charge in [0.1, 0.15) is 0 Å². The number of carbonyl (C=O) groups is 2. The number of benzene rings is 2. The lowest BCUT2D eigenvalue weighted by Gasteiger charge is -2.08. The van der Waals surface area contributed by atoms with Crippen LogP contribution in [0.25, 0.3) is 0 Å². The van der Waals surface area contributed by atoms with E-state index in [0.717, 1.165) is 41.9 Å². The van der Waals surface area contributed by atoms with Gasteiger partial charge < -0.3 is 10.4 Å². The number of anilines is 1. The largest absolute Gasteiger partial charge is 0.504 e. The maximum absolute atomic E-state index is 13.6. The highest BCUT2D eigenvalue weighted by molar-refractivity contribution is 6.06. The monoisotopic (exact) mass is 366 g/mol. The fraction of sp³-hybridized carbons (Fsp3) is 0.190. The number of phenolic OH excluding ortho intramolecular Hbond substituents is 1. The van der Waals surface area contributed by atoms with Gasteiger partial charge in [-0.25, -0.2) is 4.39 Å². The first-order valence-corrected chi connectivity index (χ1v) is 8.55. The average molecular weight is 366 g/mol. The summed E-state index contributed by atoms with van der Waals surface area (Å²) in [5.74, 6) is -1.94. The molecule has 5 nitrogen and oxygen atoms in total. The number of aldehydes is 1. The minimum atomic E-state index is -1.03. The molecule has 6 heteroatoms. The zero-order valence-corrected chi connectivity index (χ0v) is 14.8. The fourth-order valence-electron chi connectivity index (χ4n) is 2.92. The van der Waals surface area contributed by atoms with Gasteiger partial charge >= 0.3 is 0 Å². The summed E-state index contributed by atoms with van der Waals surface area (Å²) in [6.07, 6.45) is 2.25. The van der Waals surface area contributed by atoms with Crippen LogP contribution in [0.5, 0.6) is 5.75 Å². The molecule has 1 amide bonds. The summed E-state index contributed by atoms with van der Waals surface area (Å²) in [5.41, 5.74) is 2.99. The van der Waals surface area contributed by atoms with Crippen molar-refractivity contribution in [2.75, 3.05) is 5.32 Å². The molecule has 0 spiro atoms. The summed E-state index contributed by atoms with van der Waals surface area (Å²) < 4.78 is 13.6. The minimum absolute atomic E-state index is 0.0621. The average Bonchev–Trinajstić information content (AvgIpc) is 2.97. The summed E-state index contributed by atoms with van der Waals surface area (Å²) in [6.45, 7) is 6.20. The van der Waals surface area contributed by atoms with Gasteiger partial charge in [-0.1, -0.05) is 13.5 Å². The molecule has 1 aliphatic carbocycles. The second-order valence-electron chi connectivity index (χ2n) is 6.54. The van der Waals surface area contributed by atoms with Gasteiger partial charge in [0.15, 0.2) is 17.9 Å². The van der Waals surface area contributed by atoms with Gasteiger partial charge in [-0.3, -0.25) is 14.6 Å². The van der Waals surface area contributed by atoms with Crippen LogP contribution in [0.15, 0.2) is 53.5 Å². The molecular weight excluding hydrogens is 347 g/mol. The van der Waals surface area contributed by atoms with E-state index in [2.05, 4.69) is 23.8 Å². The summed E-state index contributed by atoms with van der Waals surface area (Å²) in [4.78, 5) is 27.7. The van der Waals surface area contributed by atoms with Gasteiger partial charge in [0, 0.05) is 17.0 Å². The maximum Gasteiger partial charge on any atom is 0.255 e. The Morgan fingerprint density at radius 3 is 2.63 bits per heavy atom. The standard InChI is InChI=1S/C21H19FN2O3/c1-12-3-8-19(13(12)2)23-16-4-6-17(7-5-16)24-21(27)14-9-15(11-25)20(26)18(22)10-14/h4-7,9-12,26H,2-3,8H2,1H3,(H,24,27). The molecule has 138 valence electrons. The highest BCUT2D eigenvalue weighted by atomic mass is 19.1. The number of hydrogen-bond acceptors (Lipinski definition) is 4. The molecule has 27 heavy (non-hydrogen) atoms. The molecule has 1 atom stereocenters. The van der Waals surface area contributed by atoms with Gasteiger partial charge in [-0.15, -0.1) is 0 Å². The van der Waals surface area contributed by atoms with Crippen LogP contribution < -0.4 is 5.32 Å². The van der Waals surface area contributed by atoms with E-state index in [-0.39, 0.29) is 11.1 Å². The van der Waals surface area contributed by atoms with Crippen LogP contribution in [0.1, 0.15) is 40.5 Å². The molecule has 0 aliphatic heterocycles. The van der Waals surface area contributed by atoms with Crippen molar-refractivity contribution >= 4 is 29.3 Å². The van der Waals surface area contributed by atoms with Gasteiger partial charge in [0.25, 0.3) is 5.91 Å². The predicted molar refractivity (Wildman–Crippen MR) is 102 cm³/mol. The van der Waals surface area contributed by atoms with Gasteiger partial charge in [-0.2, -0.15) is 0 Å². The molecule has 2 aromatic carbocycles. The molecule has 2 aromatic rings. The lowest BCUT2D eigenvalue weighted by molar-refractivity contribution is 0.102. The molecular formula is C21H19FN2O3. The van der Waals surface area contributed by atoms with Gasteiger partial charge in [0.05, 0.1) is 11.3 Å². The molecule has 3 rings (SSSR count). The number of halogens is 1. The molecule has 0 saturated heterocycles. The third-order valence-corrected chi connectivity index (χ3v) is 4.65. The number of amides is 1. The molecule has 1 aliphatic rings. The van der Waals surface area contributed by atoms with Crippen molar-refractivity contribution in [3.8, 4) is 5.75 Å². The number of rotatable bonds is 4. The Bertz CT molecular complexity index is 949. The van der Waals surface area contributed by atoms with Gasteiger partial charge in [-0.05, 0) is 60.7 Å². The van der Waals surface area contributed by atoms with E-state index in [4.69, 9.17) is 0 Å². The Morgan fingerprint density at radius 2 is 2.04 bits per heavy atom. The number of carbonyl (C=O) groups excluding carboxylic acids is 2. The highest BCUT2D eigenvalue weighted by Crippen LogP contribution is 2.29. The normalized spacial score (nSPS) is 17.9. The zero-order chi connectivity index (χ0) is 19.6. The Balaban J connectivity index is 1.74. The van der Waals surface area contributed by atoms with Crippen molar-refractivity contribution in [1.82, 2.24) is 0 Å². The van der Waals surface area contributed by atoms with Gasteiger partial charge in [0.2, 0.25) is 0 Å². The van der Waals surface area contributed by atoms with E-state index in [9.17, 15) is 19.1 Å². The minimum Gasteiger partial charge on any atom is -0.504 e. The molecule has 1 fully saturated rings. The van der Waals surface area contributed by atoms with E-state index in [0.29, 0.717) is 17.9 Å². The first-order valence-electron chi connectivity index (χ1n) is 8.55. The number of aliphatic imine (C=N–C) groups is 1. The molecule has 0 aromatic heterocycles. The third-order valence-electron chi connectivity index (χ3n) is 4.65. The summed E-state index contributed by atoms with van der Waals surface area (Å²) in [6, 6.07) is 8.94. The topological polar surface area (TPSA) is 78.8 Å². The smallest absolute Gasteiger partial charge is 0.255 e. The number of hydrogen-bond donors (Lipinski definition) is 2. The molecule has 1 saturated carbocycles. The Labute approximate surface area is 156 Å². The maximum atomic E-state index is 13.6. The lowest BCUT2D eigenvalue weighted by atomic mass is 10.1. The van der Waals surface area contributed by atoms with Crippen molar-refractivity contribution in [1.29, 1.82) is 0 Å². The first kappa shape index (κ1) is 18.5. The zero-order valence-electron chi connectivity index (χ0n) is 14.8. The first-order chi connectivity index (χ1) is 12.9. The van der Waals surface area contributed by atoms with E-state index in [1.807, 2.05) is 0 Å². The number of allylic oxidation sites excluding steroid dienone is 1. The Hall–Kier alpha value is -3.28. The number of phenols is 1. The Kier molecular flexibility index (Phi) is 5.16. The quantitative estimate of drug-likeness (QED) is 0.773. The summed E-state index contributed by atoms with van der Waals surface area (Å²) in [5, 5.41) is 12.0. The van der Waals surface area contributed by atoms with Crippen LogP contribution in [0, 0.1) is 11.7 Å². The number of nitrogens with zero attached hydrogens (tertiary/aromatic N) is 1. The number of aromatic hydroxyl groups is 1. The van der Waals surface area contributed by atoms with Crippen LogP contribution in [-0.2, 0) is 0 Å². The summed E-state index contributed by atoms with van der Waals surface area (Å²) >= 11 is 0. The molecule has 1 unspecified atom stereocenters. The van der Waals surface area contributed by atoms with Crippen LogP contribution in [0.2, 0.25) is 0 Å².